The molecule has 0 unspecified atom stereocenters. The fourth-order valence-corrected chi connectivity index (χ4v) is 0.214. The van der Waals surface area contributed by atoms with Crippen molar-refractivity contribution in [1.82, 2.24) is 0 Å². The molecule has 0 aromatic carbocycles. The van der Waals surface area contributed by atoms with Gasteiger partial charge in [0.05, 0.1) is 12.8 Å². The molecule has 0 aromatic rings. The summed E-state index contributed by atoms with van der Waals surface area (Å²) in [5, 5.41) is 15.8. The zero-order valence-corrected chi connectivity index (χ0v) is 5.26. The molecule has 2 N–H and O–H groups in total. The maximum absolute atomic E-state index is 9.64. The van der Waals surface area contributed by atoms with E-state index >= 15 is 0 Å². The van der Waals surface area contributed by atoms with E-state index in [0.717, 1.165) is 0 Å². The van der Waals surface area contributed by atoms with Crippen LogP contribution in [0.3, 0.4) is 0 Å². The molecule has 0 fully saturated rings. The number of carboxylic acids is 2. The Kier molecular flexibility index (Phi) is 6.61. The third-order valence-electron chi connectivity index (χ3n) is 0.553. The number of hydrogen-bond acceptors (Lipinski definition) is 2. The van der Waals surface area contributed by atoms with Crippen LogP contribution in [0.5, 0.6) is 0 Å². The molecule has 9 heavy (non-hydrogen) atoms. The number of rotatable bonds is 3. The predicted molar refractivity (Wildman–Crippen MR) is 24.5 cm³/mol. The number of carboxylic acid groups (broad SMARTS) is 2. The smallest absolute Gasteiger partial charge is 0.303 e. The minimum absolute atomic E-state index is 0. The fraction of sp³-hybridized carbons (Fsp3) is 0.500. The first-order valence-electron chi connectivity index (χ1n) is 2.06. The molecule has 0 radical (unpaired) electrons. The van der Waals surface area contributed by atoms with Crippen molar-refractivity contribution in [2.45, 2.75) is 12.8 Å². The van der Waals surface area contributed by atoms with Crippen molar-refractivity contribution in [3.8, 4) is 0 Å². The van der Waals surface area contributed by atoms with Gasteiger partial charge in [-0.05, 0) is 0 Å². The Morgan fingerprint density at radius 3 is 1.33 bits per heavy atom. The lowest BCUT2D eigenvalue weighted by Gasteiger charge is -1.85. The topological polar surface area (TPSA) is 74.6 Å². The molecule has 0 rings (SSSR count). The van der Waals surface area contributed by atoms with Crippen LogP contribution in [0, 0.1) is 0 Å². The highest BCUT2D eigenvalue weighted by atomic mass is 35.5. The van der Waals surface area contributed by atoms with Gasteiger partial charge < -0.3 is 22.6 Å². The van der Waals surface area contributed by atoms with Gasteiger partial charge in [0.2, 0.25) is 0 Å². The van der Waals surface area contributed by atoms with Gasteiger partial charge in [0.15, 0.2) is 0 Å². The van der Waals surface area contributed by atoms with Gasteiger partial charge >= 0.3 is 11.9 Å². The van der Waals surface area contributed by atoms with Crippen molar-refractivity contribution in [3.05, 3.63) is 0 Å². The summed E-state index contributed by atoms with van der Waals surface area (Å²) in [6, 6.07) is 0. The predicted octanol–water partition coefficient (Wildman–Crippen LogP) is -3.06. The number of carbonyl (C=O) groups is 2. The molecule has 0 bridgehead atoms. The number of halogens is 1. The van der Waals surface area contributed by atoms with Crippen LogP contribution < -0.4 is 12.4 Å². The Bertz CT molecular complexity index is 97.1. The van der Waals surface area contributed by atoms with Gasteiger partial charge in [-0.1, -0.05) is 0 Å². The molecule has 0 saturated heterocycles. The summed E-state index contributed by atoms with van der Waals surface area (Å²) in [4.78, 5) is 19.3. The Morgan fingerprint density at radius 1 is 1.00 bits per heavy atom. The molecule has 0 heterocycles. The molecule has 0 aliphatic heterocycles. The number of hydrogen-bond donors (Lipinski definition) is 2. The molecular weight excluding hydrogens is 147 g/mol. The molecule has 0 atom stereocenters. The van der Waals surface area contributed by atoms with Gasteiger partial charge in [-0.2, -0.15) is 0 Å². The summed E-state index contributed by atoms with van der Waals surface area (Å²) in [7, 11) is 0. The number of aliphatic carboxylic acids is 2. The van der Waals surface area contributed by atoms with E-state index in [2.05, 4.69) is 0 Å². The normalized spacial score (nSPS) is 7.56. The first-order valence-corrected chi connectivity index (χ1v) is 2.06. The largest absolute Gasteiger partial charge is 1.00 e. The van der Waals surface area contributed by atoms with Crippen LogP contribution in [-0.2, 0) is 9.59 Å². The minimum atomic E-state index is -1.08. The molecule has 5 heteroatoms. The van der Waals surface area contributed by atoms with Crippen molar-refractivity contribution >= 4 is 11.9 Å². The Morgan fingerprint density at radius 2 is 1.22 bits per heavy atom. The maximum atomic E-state index is 9.64. The first kappa shape index (κ1) is 11.1. The van der Waals surface area contributed by atoms with E-state index in [4.69, 9.17) is 10.2 Å². The highest BCUT2D eigenvalue weighted by molar-refractivity contribution is 5.75. The van der Waals surface area contributed by atoms with E-state index < -0.39 is 11.9 Å². The van der Waals surface area contributed by atoms with Gasteiger partial charge in [-0.25, -0.2) is 0 Å². The van der Waals surface area contributed by atoms with Crippen molar-refractivity contribution in [2.24, 2.45) is 0 Å². The molecular formula is C4H6ClO4-. The van der Waals surface area contributed by atoms with Crippen LogP contribution in [0.4, 0.5) is 0 Å². The van der Waals surface area contributed by atoms with E-state index in [1.165, 1.54) is 0 Å². The van der Waals surface area contributed by atoms with Crippen LogP contribution in [-0.4, -0.2) is 22.2 Å². The quantitative estimate of drug-likeness (QED) is 0.452. The van der Waals surface area contributed by atoms with Crippen molar-refractivity contribution in [3.63, 3.8) is 0 Å². The molecule has 54 valence electrons. The minimum Gasteiger partial charge on any atom is -1.00 e. The van der Waals surface area contributed by atoms with Gasteiger partial charge in [0.25, 0.3) is 0 Å². The summed E-state index contributed by atoms with van der Waals surface area (Å²) < 4.78 is 0. The van der Waals surface area contributed by atoms with Crippen LogP contribution >= 0.6 is 0 Å². The Hall–Kier alpha value is -0.770. The zero-order chi connectivity index (χ0) is 6.57. The maximum Gasteiger partial charge on any atom is 0.303 e. The molecule has 0 spiro atoms. The summed E-state index contributed by atoms with van der Waals surface area (Å²) in [6.07, 6.45) is -0.593. The molecule has 0 amide bonds. The highest BCUT2D eigenvalue weighted by Crippen LogP contribution is 1.85. The van der Waals surface area contributed by atoms with Crippen molar-refractivity contribution in [1.29, 1.82) is 0 Å². The summed E-state index contributed by atoms with van der Waals surface area (Å²) in [6.45, 7) is 0. The lowest BCUT2D eigenvalue weighted by Crippen LogP contribution is -3.00. The van der Waals surface area contributed by atoms with Crippen LogP contribution in [0.15, 0.2) is 0 Å². The Labute approximate surface area is 57.9 Å². The van der Waals surface area contributed by atoms with Gasteiger partial charge in [-0.3, -0.25) is 9.59 Å². The average Bonchev–Trinajstić information content (AvgIpc) is 1.61. The fourth-order valence-electron chi connectivity index (χ4n) is 0.214. The third kappa shape index (κ3) is 11.1. The van der Waals surface area contributed by atoms with E-state index in [0.29, 0.717) is 0 Å². The Balaban J connectivity index is 0. The van der Waals surface area contributed by atoms with Crippen LogP contribution in [0.1, 0.15) is 12.8 Å². The molecule has 4 nitrogen and oxygen atoms in total. The van der Waals surface area contributed by atoms with Gasteiger partial charge in [0, 0.05) is 0 Å². The first-order chi connectivity index (χ1) is 3.63. The summed E-state index contributed by atoms with van der Waals surface area (Å²) >= 11 is 0. The van der Waals surface area contributed by atoms with Crippen molar-refractivity contribution < 1.29 is 32.2 Å². The second-order valence-electron chi connectivity index (χ2n) is 1.29. The van der Waals surface area contributed by atoms with Gasteiger partial charge in [-0.15, -0.1) is 0 Å². The second-order valence-corrected chi connectivity index (χ2v) is 1.29. The van der Waals surface area contributed by atoms with Crippen LogP contribution in [0.25, 0.3) is 0 Å². The second kappa shape index (κ2) is 5.37. The van der Waals surface area contributed by atoms with Gasteiger partial charge in [0.1, 0.15) is 0 Å². The molecule has 0 aliphatic carbocycles. The summed E-state index contributed by atoms with van der Waals surface area (Å²) in [5.41, 5.74) is 0. The average molecular weight is 154 g/mol. The van der Waals surface area contributed by atoms with E-state index in [1.807, 2.05) is 0 Å². The lowest BCUT2D eigenvalue weighted by molar-refractivity contribution is -0.143. The third-order valence-corrected chi connectivity index (χ3v) is 0.553. The van der Waals surface area contributed by atoms with E-state index in [9.17, 15) is 9.59 Å². The highest BCUT2D eigenvalue weighted by Gasteiger charge is 2.00. The monoisotopic (exact) mass is 153 g/mol. The van der Waals surface area contributed by atoms with Crippen LogP contribution in [0.2, 0.25) is 0 Å². The lowest BCUT2D eigenvalue weighted by atomic mass is 10.3. The molecule has 0 aliphatic rings. The standard InChI is InChI=1S/C4H6O4.ClH/c5-3(6)1-2-4(7)8;/h1-2H2,(H,5,6)(H,7,8);1H/p-1. The zero-order valence-electron chi connectivity index (χ0n) is 4.50. The SMILES string of the molecule is O=C(O)CCC(=O)O.[Cl-]. The van der Waals surface area contributed by atoms with E-state index in [-0.39, 0.29) is 25.2 Å². The van der Waals surface area contributed by atoms with Crippen molar-refractivity contribution in [2.75, 3.05) is 0 Å². The van der Waals surface area contributed by atoms with E-state index in [1.54, 1.807) is 0 Å². The molecule has 0 saturated carbocycles. The molecule has 0 aromatic heterocycles. The summed E-state index contributed by atoms with van der Waals surface area (Å²) in [5.74, 6) is -2.15.